The van der Waals surface area contributed by atoms with E-state index >= 15 is 0 Å². The van der Waals surface area contributed by atoms with Gasteiger partial charge in [0.2, 0.25) is 0 Å². The van der Waals surface area contributed by atoms with Gasteiger partial charge in [0.05, 0.1) is 18.4 Å². The van der Waals surface area contributed by atoms with Gasteiger partial charge in [0.15, 0.2) is 0 Å². The molecule has 0 fully saturated rings. The van der Waals surface area contributed by atoms with Crippen molar-refractivity contribution in [2.24, 2.45) is 0 Å². The van der Waals surface area contributed by atoms with E-state index in [1.165, 1.54) is 6.26 Å². The summed E-state index contributed by atoms with van der Waals surface area (Å²) in [7, 11) is 0. The molecule has 2 rings (SSSR count). The van der Waals surface area contributed by atoms with Crippen LogP contribution in [0.1, 0.15) is 11.3 Å². The minimum absolute atomic E-state index is 0.0544. The van der Waals surface area contributed by atoms with E-state index < -0.39 is 11.7 Å². The van der Waals surface area contributed by atoms with Gasteiger partial charge in [-0.2, -0.15) is 13.2 Å². The lowest BCUT2D eigenvalue weighted by atomic mass is 10.2. The van der Waals surface area contributed by atoms with Crippen molar-refractivity contribution in [2.45, 2.75) is 12.7 Å². The Labute approximate surface area is 101 Å². The van der Waals surface area contributed by atoms with Crippen molar-refractivity contribution in [3.05, 3.63) is 41.9 Å². The number of furan rings is 1. The van der Waals surface area contributed by atoms with Gasteiger partial charge in [-0.3, -0.25) is 0 Å². The molecule has 0 unspecified atom stereocenters. The molecule has 0 spiro atoms. The Hall–Kier alpha value is -2.18. The lowest BCUT2D eigenvalue weighted by molar-refractivity contribution is -0.137. The van der Waals surface area contributed by atoms with Crippen molar-refractivity contribution in [1.82, 2.24) is 4.98 Å². The van der Waals surface area contributed by atoms with Gasteiger partial charge in [-0.1, -0.05) is 0 Å². The minimum atomic E-state index is -4.45. The summed E-state index contributed by atoms with van der Waals surface area (Å²) in [6.45, 7) is 0.237. The summed E-state index contributed by atoms with van der Waals surface area (Å²) in [6.07, 6.45) is -2.97. The molecule has 2 aromatic rings. The van der Waals surface area contributed by atoms with Gasteiger partial charge < -0.3 is 15.5 Å². The number of anilines is 2. The standard InChI is InChI=1S/C11H10F3N3O/c12-11(13,14)7-4-9(15)17-10(5-7)16-6-8-2-1-3-18-8/h1-5H,6H2,(H3,15,16,17). The predicted octanol–water partition coefficient (Wildman–Crippen LogP) is 2.89. The van der Waals surface area contributed by atoms with E-state index in [0.29, 0.717) is 5.76 Å². The second kappa shape index (κ2) is 4.59. The SMILES string of the molecule is Nc1cc(C(F)(F)F)cc(NCc2ccco2)n1. The van der Waals surface area contributed by atoms with Crippen LogP contribution in [0.25, 0.3) is 0 Å². The summed E-state index contributed by atoms with van der Waals surface area (Å²) < 4.78 is 42.6. The molecule has 0 atom stereocenters. The van der Waals surface area contributed by atoms with Crippen molar-refractivity contribution in [2.75, 3.05) is 11.1 Å². The first-order valence-corrected chi connectivity index (χ1v) is 5.06. The van der Waals surface area contributed by atoms with Crippen molar-refractivity contribution in [3.8, 4) is 0 Å². The van der Waals surface area contributed by atoms with Gasteiger partial charge in [0.25, 0.3) is 0 Å². The molecule has 0 aromatic carbocycles. The Balaban J connectivity index is 2.15. The van der Waals surface area contributed by atoms with E-state index in [0.717, 1.165) is 12.1 Å². The molecule has 0 amide bonds. The molecule has 0 aliphatic rings. The molecule has 7 heteroatoms. The summed E-state index contributed by atoms with van der Waals surface area (Å²) in [6, 6.07) is 5.08. The molecular formula is C11H10F3N3O. The van der Waals surface area contributed by atoms with Gasteiger partial charge in [-0.05, 0) is 24.3 Å². The zero-order valence-corrected chi connectivity index (χ0v) is 9.16. The third-order valence-electron chi connectivity index (χ3n) is 2.20. The fraction of sp³-hybridized carbons (Fsp3) is 0.182. The number of nitrogens with one attached hydrogen (secondary N) is 1. The van der Waals surface area contributed by atoms with Gasteiger partial charge in [0.1, 0.15) is 17.4 Å². The number of nitrogen functional groups attached to an aromatic ring is 1. The van der Waals surface area contributed by atoms with E-state index in [-0.39, 0.29) is 18.2 Å². The van der Waals surface area contributed by atoms with Crippen LogP contribution in [0.5, 0.6) is 0 Å². The second-order valence-electron chi connectivity index (χ2n) is 3.60. The second-order valence-corrected chi connectivity index (χ2v) is 3.60. The number of pyridine rings is 1. The van der Waals surface area contributed by atoms with Gasteiger partial charge in [-0.25, -0.2) is 4.98 Å². The fourth-order valence-electron chi connectivity index (χ4n) is 1.40. The molecule has 0 aliphatic heterocycles. The summed E-state index contributed by atoms with van der Waals surface area (Å²) in [5, 5.41) is 2.72. The minimum Gasteiger partial charge on any atom is -0.467 e. The van der Waals surface area contributed by atoms with Crippen molar-refractivity contribution < 1.29 is 17.6 Å². The summed E-state index contributed by atoms with van der Waals surface area (Å²) >= 11 is 0. The quantitative estimate of drug-likeness (QED) is 0.887. The van der Waals surface area contributed by atoms with E-state index in [9.17, 15) is 13.2 Å². The molecule has 18 heavy (non-hydrogen) atoms. The molecular weight excluding hydrogens is 247 g/mol. The maximum atomic E-state index is 12.5. The van der Waals surface area contributed by atoms with Crippen LogP contribution in [0, 0.1) is 0 Å². The van der Waals surface area contributed by atoms with Crippen LogP contribution in [-0.2, 0) is 12.7 Å². The average molecular weight is 257 g/mol. The molecule has 0 saturated heterocycles. The molecule has 2 heterocycles. The van der Waals surface area contributed by atoms with E-state index in [2.05, 4.69) is 10.3 Å². The topological polar surface area (TPSA) is 64.1 Å². The molecule has 0 radical (unpaired) electrons. The average Bonchev–Trinajstić information content (AvgIpc) is 2.77. The van der Waals surface area contributed by atoms with Gasteiger partial charge >= 0.3 is 6.18 Å². The van der Waals surface area contributed by atoms with E-state index in [1.54, 1.807) is 12.1 Å². The normalized spacial score (nSPS) is 11.5. The highest BCUT2D eigenvalue weighted by atomic mass is 19.4. The highest BCUT2D eigenvalue weighted by Gasteiger charge is 2.31. The van der Waals surface area contributed by atoms with Crippen LogP contribution < -0.4 is 11.1 Å². The smallest absolute Gasteiger partial charge is 0.416 e. The van der Waals surface area contributed by atoms with Crippen molar-refractivity contribution in [1.29, 1.82) is 0 Å². The molecule has 2 aromatic heterocycles. The number of nitrogens with zero attached hydrogens (tertiary/aromatic N) is 1. The third-order valence-corrected chi connectivity index (χ3v) is 2.20. The summed E-state index contributed by atoms with van der Waals surface area (Å²) in [5.41, 5.74) is 4.49. The Kier molecular flexibility index (Phi) is 3.14. The van der Waals surface area contributed by atoms with Crippen LogP contribution >= 0.6 is 0 Å². The summed E-state index contributed by atoms with van der Waals surface area (Å²) in [4.78, 5) is 3.77. The highest BCUT2D eigenvalue weighted by Crippen LogP contribution is 2.31. The van der Waals surface area contributed by atoms with Crippen LogP contribution in [0.2, 0.25) is 0 Å². The number of hydrogen-bond acceptors (Lipinski definition) is 4. The largest absolute Gasteiger partial charge is 0.467 e. The highest BCUT2D eigenvalue weighted by molar-refractivity contribution is 5.47. The number of nitrogens with two attached hydrogens (primary N) is 1. The fourth-order valence-corrected chi connectivity index (χ4v) is 1.40. The zero-order valence-electron chi connectivity index (χ0n) is 9.16. The molecule has 0 bridgehead atoms. The number of rotatable bonds is 3. The molecule has 96 valence electrons. The Morgan fingerprint density at radius 3 is 2.72 bits per heavy atom. The Morgan fingerprint density at radius 1 is 1.33 bits per heavy atom. The van der Waals surface area contributed by atoms with E-state index in [1.807, 2.05) is 0 Å². The maximum absolute atomic E-state index is 12.5. The third kappa shape index (κ3) is 2.93. The lowest BCUT2D eigenvalue weighted by Gasteiger charge is -2.10. The number of halogens is 3. The van der Waals surface area contributed by atoms with Crippen LogP contribution in [0.4, 0.5) is 24.8 Å². The molecule has 4 nitrogen and oxygen atoms in total. The van der Waals surface area contributed by atoms with Crippen LogP contribution in [-0.4, -0.2) is 4.98 Å². The van der Waals surface area contributed by atoms with Gasteiger partial charge in [-0.15, -0.1) is 0 Å². The number of aromatic nitrogens is 1. The monoisotopic (exact) mass is 257 g/mol. The van der Waals surface area contributed by atoms with Crippen molar-refractivity contribution in [3.63, 3.8) is 0 Å². The molecule has 0 aliphatic carbocycles. The predicted molar refractivity (Wildman–Crippen MR) is 59.7 cm³/mol. The number of hydrogen-bond donors (Lipinski definition) is 2. The maximum Gasteiger partial charge on any atom is 0.416 e. The first-order valence-electron chi connectivity index (χ1n) is 5.06. The van der Waals surface area contributed by atoms with Crippen LogP contribution in [0.3, 0.4) is 0 Å². The zero-order chi connectivity index (χ0) is 13.2. The lowest BCUT2D eigenvalue weighted by Crippen LogP contribution is -2.09. The molecule has 0 saturated carbocycles. The van der Waals surface area contributed by atoms with Crippen LogP contribution in [0.15, 0.2) is 34.9 Å². The van der Waals surface area contributed by atoms with Crippen molar-refractivity contribution >= 4 is 11.6 Å². The Morgan fingerprint density at radius 2 is 2.11 bits per heavy atom. The van der Waals surface area contributed by atoms with Gasteiger partial charge in [0, 0.05) is 0 Å². The molecule has 3 N–H and O–H groups in total. The summed E-state index contributed by atoms with van der Waals surface area (Å²) in [5.74, 6) is 0.457. The first-order chi connectivity index (χ1) is 8.45. The number of alkyl halides is 3. The first kappa shape index (κ1) is 12.3. The Bertz CT molecular complexity index is 523. The van der Waals surface area contributed by atoms with E-state index in [4.69, 9.17) is 10.2 Å².